The van der Waals surface area contributed by atoms with Gasteiger partial charge in [-0.2, -0.15) is 0 Å². The van der Waals surface area contributed by atoms with Gasteiger partial charge in [0, 0.05) is 31.7 Å². The van der Waals surface area contributed by atoms with Gasteiger partial charge < -0.3 is 14.4 Å². The fraction of sp³-hybridized carbons (Fsp3) is 0.435. The van der Waals surface area contributed by atoms with Crippen molar-refractivity contribution in [3.05, 3.63) is 65.5 Å². The molecule has 1 unspecified atom stereocenters. The van der Waals surface area contributed by atoms with E-state index in [1.165, 1.54) is 0 Å². The molecule has 8 nitrogen and oxygen atoms in total. The van der Waals surface area contributed by atoms with Crippen molar-refractivity contribution >= 4 is 12.4 Å². The molecule has 172 valence electrons. The molecule has 0 N–H and O–H groups in total. The number of rotatable bonds is 8. The maximum Gasteiger partial charge on any atom is 0.173 e. The highest BCUT2D eigenvalue weighted by Crippen LogP contribution is 2.36. The summed E-state index contributed by atoms with van der Waals surface area (Å²) in [5.41, 5.74) is 2.17. The lowest BCUT2D eigenvalue weighted by atomic mass is 10.0. The van der Waals surface area contributed by atoms with Crippen LogP contribution in [0.4, 0.5) is 0 Å². The number of halogens is 1. The lowest BCUT2D eigenvalue weighted by Crippen LogP contribution is -2.48. The van der Waals surface area contributed by atoms with Crippen LogP contribution >= 0.6 is 12.4 Å². The second kappa shape index (κ2) is 11.3. The summed E-state index contributed by atoms with van der Waals surface area (Å²) in [7, 11) is 3.38. The van der Waals surface area contributed by atoms with Gasteiger partial charge in [0.1, 0.15) is 17.5 Å². The number of aromatic nitrogens is 4. The molecule has 0 spiro atoms. The quantitative estimate of drug-likeness (QED) is 0.514. The molecule has 4 rings (SSSR count). The summed E-state index contributed by atoms with van der Waals surface area (Å²) in [5.74, 6) is 2.40. The SMILES string of the molecule is CCN1CCN(C(c2cc(OC)ccc2OC)c2nnnn2Cc2ccccc2)CC1.Cl. The molecular formula is C23H31ClN6O2. The third-order valence-corrected chi connectivity index (χ3v) is 5.93. The number of hydrogen-bond acceptors (Lipinski definition) is 7. The predicted octanol–water partition coefficient (Wildman–Crippen LogP) is 2.89. The van der Waals surface area contributed by atoms with Gasteiger partial charge in [-0.05, 0) is 40.7 Å². The van der Waals surface area contributed by atoms with Crippen LogP contribution in [-0.2, 0) is 6.54 Å². The predicted molar refractivity (Wildman–Crippen MR) is 126 cm³/mol. The molecule has 0 saturated carbocycles. The summed E-state index contributed by atoms with van der Waals surface area (Å²) in [5, 5.41) is 12.9. The minimum Gasteiger partial charge on any atom is -0.497 e. The first-order valence-corrected chi connectivity index (χ1v) is 10.7. The molecule has 3 aromatic rings. The molecule has 2 heterocycles. The number of methoxy groups -OCH3 is 2. The molecule has 0 aliphatic carbocycles. The van der Waals surface area contributed by atoms with Gasteiger partial charge in [0.25, 0.3) is 0 Å². The van der Waals surface area contributed by atoms with Gasteiger partial charge in [-0.3, -0.25) is 4.90 Å². The van der Waals surface area contributed by atoms with E-state index in [4.69, 9.17) is 9.47 Å². The standard InChI is InChI=1S/C23H30N6O2.ClH/c1-4-27-12-14-28(15-13-27)22(20-16-19(30-2)10-11-21(20)31-3)23-24-25-26-29(23)17-18-8-6-5-7-9-18;/h5-11,16,22H,4,12-15,17H2,1-3H3;1H. The summed E-state index contributed by atoms with van der Waals surface area (Å²) in [6, 6.07) is 16.0. The number of benzene rings is 2. The maximum absolute atomic E-state index is 5.74. The zero-order valence-electron chi connectivity index (χ0n) is 18.8. The highest BCUT2D eigenvalue weighted by molar-refractivity contribution is 5.85. The molecule has 1 atom stereocenters. The van der Waals surface area contributed by atoms with E-state index < -0.39 is 0 Å². The van der Waals surface area contributed by atoms with Crippen molar-refractivity contribution in [3.8, 4) is 11.5 Å². The van der Waals surface area contributed by atoms with E-state index >= 15 is 0 Å². The number of likely N-dealkylation sites (N-methyl/N-ethyl adjacent to an activating group) is 1. The van der Waals surface area contributed by atoms with Gasteiger partial charge in [-0.1, -0.05) is 37.3 Å². The minimum atomic E-state index is -0.136. The Morgan fingerprint density at radius 3 is 2.38 bits per heavy atom. The Kier molecular flexibility index (Phi) is 8.44. The van der Waals surface area contributed by atoms with Crippen LogP contribution in [0.2, 0.25) is 0 Å². The molecule has 1 saturated heterocycles. The Morgan fingerprint density at radius 1 is 0.969 bits per heavy atom. The van der Waals surface area contributed by atoms with E-state index in [2.05, 4.69) is 44.4 Å². The summed E-state index contributed by atoms with van der Waals surface area (Å²) in [6.45, 7) is 7.76. The Balaban J connectivity index is 0.00000289. The molecule has 32 heavy (non-hydrogen) atoms. The Bertz CT molecular complexity index is 976. The van der Waals surface area contributed by atoms with E-state index in [9.17, 15) is 0 Å². The lowest BCUT2D eigenvalue weighted by Gasteiger charge is -2.38. The zero-order valence-corrected chi connectivity index (χ0v) is 19.7. The van der Waals surface area contributed by atoms with E-state index in [-0.39, 0.29) is 18.4 Å². The second-order valence-corrected chi connectivity index (χ2v) is 7.66. The Labute approximate surface area is 195 Å². The monoisotopic (exact) mass is 458 g/mol. The summed E-state index contributed by atoms with van der Waals surface area (Å²) in [6.07, 6.45) is 0. The number of ether oxygens (including phenoxy) is 2. The lowest BCUT2D eigenvalue weighted by molar-refractivity contribution is 0.107. The number of nitrogens with zero attached hydrogens (tertiary/aromatic N) is 6. The maximum atomic E-state index is 5.74. The topological polar surface area (TPSA) is 68.5 Å². The Hall–Kier alpha value is -2.68. The van der Waals surface area contributed by atoms with Crippen molar-refractivity contribution in [2.75, 3.05) is 46.9 Å². The first-order chi connectivity index (χ1) is 15.2. The van der Waals surface area contributed by atoms with Crippen molar-refractivity contribution < 1.29 is 9.47 Å². The average Bonchev–Trinajstić information content (AvgIpc) is 3.27. The largest absolute Gasteiger partial charge is 0.497 e. The highest BCUT2D eigenvalue weighted by Gasteiger charge is 2.32. The smallest absolute Gasteiger partial charge is 0.173 e. The van der Waals surface area contributed by atoms with Crippen molar-refractivity contribution in [1.29, 1.82) is 0 Å². The molecule has 1 aliphatic rings. The molecule has 1 aliphatic heterocycles. The van der Waals surface area contributed by atoms with Gasteiger partial charge in [0.15, 0.2) is 5.82 Å². The number of piperazine rings is 1. The highest BCUT2D eigenvalue weighted by atomic mass is 35.5. The third-order valence-electron chi connectivity index (χ3n) is 5.93. The van der Waals surface area contributed by atoms with E-state index in [1.807, 2.05) is 41.1 Å². The molecule has 9 heteroatoms. The number of hydrogen-bond donors (Lipinski definition) is 0. The molecule has 1 fully saturated rings. The van der Waals surface area contributed by atoms with Crippen LogP contribution in [0.25, 0.3) is 0 Å². The molecule has 0 radical (unpaired) electrons. The van der Waals surface area contributed by atoms with Gasteiger partial charge in [0.2, 0.25) is 0 Å². The zero-order chi connectivity index (χ0) is 21.6. The van der Waals surface area contributed by atoms with Crippen LogP contribution in [0.15, 0.2) is 48.5 Å². The fourth-order valence-electron chi connectivity index (χ4n) is 4.17. The van der Waals surface area contributed by atoms with Crippen molar-refractivity contribution in [2.24, 2.45) is 0 Å². The first kappa shape index (κ1) is 24.0. The third kappa shape index (κ3) is 5.20. The van der Waals surface area contributed by atoms with Crippen LogP contribution in [0.1, 0.15) is 29.9 Å². The minimum absolute atomic E-state index is 0. The van der Waals surface area contributed by atoms with E-state index in [0.717, 1.165) is 61.2 Å². The van der Waals surface area contributed by atoms with Crippen LogP contribution < -0.4 is 9.47 Å². The molecular weight excluding hydrogens is 428 g/mol. The fourth-order valence-corrected chi connectivity index (χ4v) is 4.17. The Morgan fingerprint density at radius 2 is 1.72 bits per heavy atom. The van der Waals surface area contributed by atoms with Gasteiger partial charge >= 0.3 is 0 Å². The molecule has 2 aromatic carbocycles. The van der Waals surface area contributed by atoms with Crippen LogP contribution in [0.3, 0.4) is 0 Å². The van der Waals surface area contributed by atoms with Crippen molar-refractivity contribution in [3.63, 3.8) is 0 Å². The summed E-state index contributed by atoms with van der Waals surface area (Å²) in [4.78, 5) is 4.90. The van der Waals surface area contributed by atoms with E-state index in [0.29, 0.717) is 6.54 Å². The van der Waals surface area contributed by atoms with Crippen molar-refractivity contribution in [1.82, 2.24) is 30.0 Å². The van der Waals surface area contributed by atoms with Crippen LogP contribution in [0, 0.1) is 0 Å². The summed E-state index contributed by atoms with van der Waals surface area (Å²) >= 11 is 0. The number of tetrazole rings is 1. The molecule has 0 bridgehead atoms. The normalized spacial score (nSPS) is 15.7. The molecule has 0 amide bonds. The van der Waals surface area contributed by atoms with Crippen molar-refractivity contribution in [2.45, 2.75) is 19.5 Å². The van der Waals surface area contributed by atoms with Gasteiger partial charge in [-0.15, -0.1) is 17.5 Å². The molecule has 1 aromatic heterocycles. The van der Waals surface area contributed by atoms with Crippen LogP contribution in [0.5, 0.6) is 11.5 Å². The van der Waals surface area contributed by atoms with Gasteiger partial charge in [0.05, 0.1) is 20.8 Å². The van der Waals surface area contributed by atoms with Gasteiger partial charge in [-0.25, -0.2) is 4.68 Å². The average molecular weight is 459 g/mol. The first-order valence-electron chi connectivity index (χ1n) is 10.7. The van der Waals surface area contributed by atoms with Crippen LogP contribution in [-0.4, -0.2) is 77.0 Å². The second-order valence-electron chi connectivity index (χ2n) is 7.66. The van der Waals surface area contributed by atoms with E-state index in [1.54, 1.807) is 14.2 Å². The summed E-state index contributed by atoms with van der Waals surface area (Å²) < 4.78 is 13.2.